The van der Waals surface area contributed by atoms with Crippen molar-refractivity contribution >= 4 is 0 Å². The summed E-state index contributed by atoms with van der Waals surface area (Å²) in [5.74, 6) is -0.0298. The van der Waals surface area contributed by atoms with Crippen LogP contribution in [0.2, 0.25) is 0 Å². The van der Waals surface area contributed by atoms with Gasteiger partial charge >= 0.3 is 0 Å². The van der Waals surface area contributed by atoms with Crippen molar-refractivity contribution < 1.29 is 31.9 Å². The molecule has 3 heteroatoms. The molecule has 17 heavy (non-hydrogen) atoms. The van der Waals surface area contributed by atoms with Crippen molar-refractivity contribution in [1.82, 2.24) is 0 Å². The largest absolute Gasteiger partial charge is 0.504 e. The molecule has 0 atom stereocenters. The van der Waals surface area contributed by atoms with Crippen molar-refractivity contribution in [1.29, 1.82) is 0 Å². The van der Waals surface area contributed by atoms with Crippen LogP contribution in [0.4, 0.5) is 0 Å². The van der Waals surface area contributed by atoms with E-state index in [9.17, 15) is 10.2 Å². The van der Waals surface area contributed by atoms with Crippen LogP contribution in [-0.4, -0.2) is 10.2 Å². The Hall–Kier alpha value is -0.466. The number of phenolic OH excluding ortho intramolecular Hbond substituents is 2. The first-order valence-corrected chi connectivity index (χ1v) is 5.60. The Morgan fingerprint density at radius 3 is 1.65 bits per heavy atom. The van der Waals surface area contributed by atoms with Gasteiger partial charge in [-0.3, -0.25) is 0 Å². The van der Waals surface area contributed by atoms with Crippen molar-refractivity contribution in [3.63, 3.8) is 0 Å². The fourth-order valence-electron chi connectivity index (χ4n) is 1.62. The molecule has 0 saturated carbocycles. The van der Waals surface area contributed by atoms with Crippen molar-refractivity contribution in [2.45, 2.75) is 52.4 Å². The van der Waals surface area contributed by atoms with Gasteiger partial charge in [0.1, 0.15) is 0 Å². The molecular formula is C14H22O2Ti. The molecule has 94 valence electrons. The van der Waals surface area contributed by atoms with E-state index in [1.54, 1.807) is 6.07 Å². The third-order valence-corrected chi connectivity index (χ3v) is 2.76. The minimum atomic E-state index is -0.178. The fraction of sp³-hybridized carbons (Fsp3) is 0.571. The molecule has 0 aromatic heterocycles. The number of rotatable bonds is 0. The number of hydrogen-bond acceptors (Lipinski definition) is 2. The SMILES string of the molecule is CC(C)(C)c1cc(O)c(O)c(C(C)(C)C)c1.[Ti]. The monoisotopic (exact) mass is 270 g/mol. The van der Waals surface area contributed by atoms with Gasteiger partial charge in [0.2, 0.25) is 0 Å². The molecule has 0 radical (unpaired) electrons. The summed E-state index contributed by atoms with van der Waals surface area (Å²) in [5, 5.41) is 19.6. The van der Waals surface area contributed by atoms with Gasteiger partial charge in [0.05, 0.1) is 0 Å². The van der Waals surface area contributed by atoms with Crippen molar-refractivity contribution in [3.8, 4) is 11.5 Å². The third kappa shape index (κ3) is 3.75. The summed E-state index contributed by atoms with van der Waals surface area (Å²) in [7, 11) is 0. The topological polar surface area (TPSA) is 40.5 Å². The van der Waals surface area contributed by atoms with E-state index < -0.39 is 0 Å². The number of phenols is 2. The maximum atomic E-state index is 9.87. The second kappa shape index (κ2) is 5.03. The molecular weight excluding hydrogens is 248 g/mol. The second-order valence-corrected chi connectivity index (χ2v) is 6.39. The van der Waals surface area contributed by atoms with Gasteiger partial charge in [-0.15, -0.1) is 0 Å². The predicted octanol–water partition coefficient (Wildman–Crippen LogP) is 3.69. The normalized spacial score (nSPS) is 12.1. The van der Waals surface area contributed by atoms with Crippen LogP contribution in [0.3, 0.4) is 0 Å². The number of benzene rings is 1. The van der Waals surface area contributed by atoms with Gasteiger partial charge in [0.25, 0.3) is 0 Å². The summed E-state index contributed by atoms with van der Waals surface area (Å²) in [5.41, 5.74) is 1.61. The summed E-state index contributed by atoms with van der Waals surface area (Å²) in [6.07, 6.45) is 0. The molecule has 1 aromatic carbocycles. The zero-order chi connectivity index (χ0) is 12.7. The van der Waals surface area contributed by atoms with Crippen molar-refractivity contribution in [3.05, 3.63) is 23.3 Å². The molecule has 0 saturated heterocycles. The van der Waals surface area contributed by atoms with Crippen LogP contribution >= 0.6 is 0 Å². The van der Waals surface area contributed by atoms with E-state index in [0.717, 1.165) is 11.1 Å². The van der Waals surface area contributed by atoms with Crippen molar-refractivity contribution in [2.24, 2.45) is 0 Å². The Kier molecular flexibility index (Phi) is 4.90. The van der Waals surface area contributed by atoms with E-state index in [0.29, 0.717) is 0 Å². The molecule has 0 bridgehead atoms. The smallest absolute Gasteiger partial charge is 0.161 e. The fourth-order valence-corrected chi connectivity index (χ4v) is 1.62. The molecule has 0 aliphatic rings. The summed E-state index contributed by atoms with van der Waals surface area (Å²) in [6, 6.07) is 3.62. The van der Waals surface area contributed by atoms with Gasteiger partial charge in [-0.2, -0.15) is 0 Å². The molecule has 1 aromatic rings. The third-order valence-electron chi connectivity index (χ3n) is 2.76. The zero-order valence-electron chi connectivity index (χ0n) is 11.5. The Labute approximate surface area is 119 Å². The summed E-state index contributed by atoms with van der Waals surface area (Å²) < 4.78 is 0. The van der Waals surface area contributed by atoms with E-state index >= 15 is 0 Å². The van der Waals surface area contributed by atoms with Crippen LogP contribution in [0.15, 0.2) is 12.1 Å². The van der Waals surface area contributed by atoms with Gasteiger partial charge in [0, 0.05) is 27.3 Å². The minimum Gasteiger partial charge on any atom is -0.504 e. The Morgan fingerprint density at radius 2 is 1.29 bits per heavy atom. The Bertz CT molecular complexity index is 398. The summed E-state index contributed by atoms with van der Waals surface area (Å²) in [4.78, 5) is 0. The molecule has 0 amide bonds. The van der Waals surface area contributed by atoms with Gasteiger partial charge in [-0.05, 0) is 22.5 Å². The molecule has 0 aliphatic heterocycles. The van der Waals surface area contributed by atoms with Crippen LogP contribution in [0, 0.1) is 0 Å². The Morgan fingerprint density at radius 1 is 0.824 bits per heavy atom. The maximum Gasteiger partial charge on any atom is 0.161 e. The summed E-state index contributed by atoms with van der Waals surface area (Å²) in [6.45, 7) is 12.3. The van der Waals surface area contributed by atoms with Crippen LogP contribution < -0.4 is 0 Å². The van der Waals surface area contributed by atoms with Crippen LogP contribution in [0.1, 0.15) is 52.7 Å². The van der Waals surface area contributed by atoms with Crippen LogP contribution in [0.5, 0.6) is 11.5 Å². The second-order valence-electron chi connectivity index (χ2n) is 6.39. The van der Waals surface area contributed by atoms with E-state index in [1.807, 2.05) is 26.8 Å². The number of hydrogen-bond donors (Lipinski definition) is 2. The van der Waals surface area contributed by atoms with Crippen molar-refractivity contribution in [2.75, 3.05) is 0 Å². The van der Waals surface area contributed by atoms with E-state index in [-0.39, 0.29) is 44.0 Å². The Balaban J connectivity index is 0.00000256. The first-order chi connectivity index (χ1) is 7.03. The summed E-state index contributed by atoms with van der Waals surface area (Å²) >= 11 is 0. The van der Waals surface area contributed by atoms with Gasteiger partial charge in [-0.1, -0.05) is 47.6 Å². The van der Waals surface area contributed by atoms with E-state index in [1.165, 1.54) is 0 Å². The molecule has 0 spiro atoms. The van der Waals surface area contributed by atoms with Crippen LogP contribution in [0.25, 0.3) is 0 Å². The van der Waals surface area contributed by atoms with E-state index in [4.69, 9.17) is 0 Å². The predicted molar refractivity (Wildman–Crippen MR) is 67.2 cm³/mol. The maximum absolute atomic E-state index is 9.87. The average molecular weight is 270 g/mol. The van der Waals surface area contributed by atoms with Gasteiger partial charge in [-0.25, -0.2) is 0 Å². The standard InChI is InChI=1S/C14H22O2.Ti/c1-13(2,3)9-7-10(14(4,5)6)12(16)11(15)8-9;/h7-8,15-16H,1-6H3;. The molecule has 0 aliphatic carbocycles. The quantitative estimate of drug-likeness (QED) is 0.557. The molecule has 1 rings (SSSR count). The average Bonchev–Trinajstić information content (AvgIpc) is 2.05. The molecule has 2 N–H and O–H groups in total. The molecule has 0 unspecified atom stereocenters. The molecule has 0 fully saturated rings. The molecule has 2 nitrogen and oxygen atoms in total. The number of aromatic hydroxyl groups is 2. The minimum absolute atomic E-state index is 0. The van der Waals surface area contributed by atoms with E-state index in [2.05, 4.69) is 20.8 Å². The molecule has 0 heterocycles. The van der Waals surface area contributed by atoms with Crippen LogP contribution in [-0.2, 0) is 32.5 Å². The first-order valence-electron chi connectivity index (χ1n) is 5.60. The zero-order valence-corrected chi connectivity index (χ0v) is 13.1. The van der Waals surface area contributed by atoms with Gasteiger partial charge in [0.15, 0.2) is 11.5 Å². The first kappa shape index (κ1) is 16.5. The van der Waals surface area contributed by atoms with Gasteiger partial charge < -0.3 is 10.2 Å².